The molecule has 1 atom stereocenters. The summed E-state index contributed by atoms with van der Waals surface area (Å²) in [6.45, 7) is 0.425. The van der Waals surface area contributed by atoms with Gasteiger partial charge in [-0.3, -0.25) is 0 Å². The van der Waals surface area contributed by atoms with Crippen LogP contribution in [0.2, 0.25) is 0 Å². The van der Waals surface area contributed by atoms with Gasteiger partial charge in [0.15, 0.2) is 0 Å². The second kappa shape index (κ2) is 7.61. The molecule has 0 unspecified atom stereocenters. The number of rotatable bonds is 7. The second-order valence-corrected chi connectivity index (χ2v) is 7.51. The maximum absolute atomic E-state index is 11.9. The molecular weight excluding hydrogens is 300 g/mol. The number of nitrogens with one attached hydrogen (secondary N) is 1. The van der Waals surface area contributed by atoms with Gasteiger partial charge in [-0.2, -0.15) is 5.26 Å². The summed E-state index contributed by atoms with van der Waals surface area (Å²) in [5.74, 6) is 1.07. The Labute approximate surface area is 132 Å². The van der Waals surface area contributed by atoms with Crippen molar-refractivity contribution in [3.8, 4) is 11.8 Å². The Hall–Kier alpha value is -1.58. The lowest BCUT2D eigenvalue weighted by atomic mass is 9.83. The van der Waals surface area contributed by atoms with Crippen LogP contribution in [-0.4, -0.2) is 27.8 Å². The predicted octanol–water partition coefficient (Wildman–Crippen LogP) is 2.34. The van der Waals surface area contributed by atoms with Crippen molar-refractivity contribution in [1.29, 1.82) is 5.26 Å². The molecular formula is C16H22N2O3S. The van der Waals surface area contributed by atoms with Crippen molar-refractivity contribution >= 4 is 10.0 Å². The first kappa shape index (κ1) is 16.8. The van der Waals surface area contributed by atoms with Crippen LogP contribution in [0.15, 0.2) is 18.2 Å². The molecule has 1 aliphatic rings. The van der Waals surface area contributed by atoms with Crippen molar-refractivity contribution in [1.82, 2.24) is 4.72 Å². The third kappa shape index (κ3) is 4.46. The average molecular weight is 322 g/mol. The minimum Gasteiger partial charge on any atom is -0.497 e. The molecule has 2 rings (SSSR count). The van der Waals surface area contributed by atoms with E-state index in [1.807, 2.05) is 24.3 Å². The number of benzene rings is 1. The number of unbranched alkanes of at least 4 members (excludes halogenated alkanes) is 1. The summed E-state index contributed by atoms with van der Waals surface area (Å²) in [5, 5.41) is 8.47. The highest BCUT2D eigenvalue weighted by Gasteiger charge is 2.22. The van der Waals surface area contributed by atoms with Crippen LogP contribution in [0, 0.1) is 11.3 Å². The fraction of sp³-hybridized carbons (Fsp3) is 0.562. The lowest BCUT2D eigenvalue weighted by molar-refractivity contribution is 0.412. The monoisotopic (exact) mass is 322 g/mol. The van der Waals surface area contributed by atoms with Gasteiger partial charge >= 0.3 is 0 Å². The lowest BCUT2D eigenvalue weighted by Gasteiger charge is -2.26. The first-order valence-electron chi connectivity index (χ1n) is 7.57. The van der Waals surface area contributed by atoms with E-state index in [2.05, 4.69) is 4.72 Å². The fourth-order valence-electron chi connectivity index (χ4n) is 2.87. The molecule has 22 heavy (non-hydrogen) atoms. The number of ether oxygens (including phenoxy) is 1. The number of hydrogen-bond donors (Lipinski definition) is 1. The van der Waals surface area contributed by atoms with Gasteiger partial charge in [0.2, 0.25) is 10.0 Å². The maximum atomic E-state index is 11.9. The van der Waals surface area contributed by atoms with Crippen molar-refractivity contribution in [2.45, 2.75) is 38.0 Å². The summed E-state index contributed by atoms with van der Waals surface area (Å²) < 4.78 is 31.8. The third-order valence-corrected chi connectivity index (χ3v) is 5.47. The predicted molar refractivity (Wildman–Crippen MR) is 85.3 cm³/mol. The van der Waals surface area contributed by atoms with Gasteiger partial charge < -0.3 is 4.74 Å². The zero-order valence-electron chi connectivity index (χ0n) is 12.8. The molecule has 5 nitrogen and oxygen atoms in total. The molecule has 0 saturated carbocycles. The molecule has 1 aromatic carbocycles. The van der Waals surface area contributed by atoms with Crippen LogP contribution < -0.4 is 9.46 Å². The van der Waals surface area contributed by atoms with Crippen LogP contribution >= 0.6 is 0 Å². The van der Waals surface area contributed by atoms with Gasteiger partial charge in [0.1, 0.15) is 5.75 Å². The van der Waals surface area contributed by atoms with Gasteiger partial charge in [0.05, 0.1) is 18.9 Å². The van der Waals surface area contributed by atoms with Crippen LogP contribution in [0.25, 0.3) is 0 Å². The fourth-order valence-corrected chi connectivity index (χ4v) is 4.00. The number of aryl methyl sites for hydroxylation is 1. The first-order valence-corrected chi connectivity index (χ1v) is 9.22. The average Bonchev–Trinajstić information content (AvgIpc) is 2.52. The molecule has 120 valence electrons. The first-order chi connectivity index (χ1) is 10.6. The van der Waals surface area contributed by atoms with Crippen molar-refractivity contribution in [3.05, 3.63) is 29.3 Å². The highest BCUT2D eigenvalue weighted by Crippen LogP contribution is 2.33. The van der Waals surface area contributed by atoms with Crippen LogP contribution in [0.4, 0.5) is 0 Å². The molecule has 0 bridgehead atoms. The highest BCUT2D eigenvalue weighted by molar-refractivity contribution is 7.89. The number of methoxy groups -OCH3 is 1. The smallest absolute Gasteiger partial charge is 0.211 e. The Morgan fingerprint density at radius 2 is 2.27 bits per heavy atom. The van der Waals surface area contributed by atoms with E-state index in [1.54, 1.807) is 7.11 Å². The van der Waals surface area contributed by atoms with E-state index >= 15 is 0 Å². The summed E-state index contributed by atoms with van der Waals surface area (Å²) in [4.78, 5) is 0. The summed E-state index contributed by atoms with van der Waals surface area (Å²) in [6, 6.07) is 7.98. The van der Waals surface area contributed by atoms with E-state index in [9.17, 15) is 8.42 Å². The maximum Gasteiger partial charge on any atom is 0.211 e. The minimum atomic E-state index is -3.29. The van der Waals surface area contributed by atoms with Gasteiger partial charge in [-0.1, -0.05) is 6.07 Å². The van der Waals surface area contributed by atoms with Gasteiger partial charge in [-0.05, 0) is 54.9 Å². The van der Waals surface area contributed by atoms with E-state index in [-0.39, 0.29) is 18.1 Å². The van der Waals surface area contributed by atoms with Gasteiger partial charge in [0.25, 0.3) is 0 Å². The zero-order valence-corrected chi connectivity index (χ0v) is 13.7. The Morgan fingerprint density at radius 1 is 1.45 bits per heavy atom. The number of nitriles is 1. The van der Waals surface area contributed by atoms with Crippen molar-refractivity contribution in [2.75, 3.05) is 19.4 Å². The zero-order chi connectivity index (χ0) is 16.0. The number of sulfonamides is 1. The summed E-state index contributed by atoms with van der Waals surface area (Å²) in [6.07, 6.45) is 3.70. The standard InChI is InChI=1S/C16H22N2O3S/c1-21-15-7-8-16-13(11-15)5-4-6-14(16)12-18-22(19,20)10-3-2-9-17/h7-8,11,14,18H,2-6,10,12H2,1H3/t14-/m0/s1. The minimum absolute atomic E-state index is 0.0166. The van der Waals surface area contributed by atoms with E-state index in [0.717, 1.165) is 25.0 Å². The summed E-state index contributed by atoms with van der Waals surface area (Å²) >= 11 is 0. The Bertz CT molecular complexity index is 650. The summed E-state index contributed by atoms with van der Waals surface area (Å²) in [7, 11) is -1.64. The Balaban J connectivity index is 1.99. The molecule has 0 fully saturated rings. The van der Waals surface area contributed by atoms with Crippen molar-refractivity contribution < 1.29 is 13.2 Å². The van der Waals surface area contributed by atoms with E-state index in [1.165, 1.54) is 11.1 Å². The van der Waals surface area contributed by atoms with Gasteiger partial charge in [-0.15, -0.1) is 0 Å². The second-order valence-electron chi connectivity index (χ2n) is 5.58. The van der Waals surface area contributed by atoms with Crippen LogP contribution in [0.1, 0.15) is 42.7 Å². The molecule has 1 N–H and O–H groups in total. The molecule has 6 heteroatoms. The van der Waals surface area contributed by atoms with Crippen LogP contribution in [-0.2, 0) is 16.4 Å². The molecule has 0 amide bonds. The van der Waals surface area contributed by atoms with E-state index in [0.29, 0.717) is 13.0 Å². The van der Waals surface area contributed by atoms with Crippen molar-refractivity contribution in [2.24, 2.45) is 0 Å². The van der Waals surface area contributed by atoms with Crippen molar-refractivity contribution in [3.63, 3.8) is 0 Å². The Kier molecular flexibility index (Phi) is 5.81. The third-order valence-electron chi connectivity index (χ3n) is 4.04. The number of hydrogen-bond acceptors (Lipinski definition) is 4. The molecule has 0 spiro atoms. The van der Waals surface area contributed by atoms with Crippen LogP contribution in [0.5, 0.6) is 5.75 Å². The number of nitrogens with zero attached hydrogens (tertiary/aromatic N) is 1. The highest BCUT2D eigenvalue weighted by atomic mass is 32.2. The molecule has 0 aromatic heterocycles. The number of fused-ring (bicyclic) bond motifs is 1. The lowest BCUT2D eigenvalue weighted by Crippen LogP contribution is -2.31. The molecule has 0 heterocycles. The normalized spacial score (nSPS) is 17.5. The molecule has 1 aromatic rings. The van der Waals surface area contributed by atoms with Gasteiger partial charge in [0, 0.05) is 13.0 Å². The molecule has 0 radical (unpaired) electrons. The van der Waals surface area contributed by atoms with E-state index < -0.39 is 10.0 Å². The summed E-state index contributed by atoms with van der Waals surface area (Å²) in [5.41, 5.74) is 2.46. The SMILES string of the molecule is COc1ccc2c(c1)CCC[C@H]2CNS(=O)(=O)CCCC#N. The topological polar surface area (TPSA) is 79.2 Å². The van der Waals surface area contributed by atoms with Crippen LogP contribution in [0.3, 0.4) is 0 Å². The quantitative estimate of drug-likeness (QED) is 0.781. The van der Waals surface area contributed by atoms with E-state index in [4.69, 9.17) is 10.00 Å². The Morgan fingerprint density at radius 3 is 3.00 bits per heavy atom. The largest absolute Gasteiger partial charge is 0.497 e. The molecule has 1 aliphatic carbocycles. The molecule has 0 saturated heterocycles. The molecule has 0 aliphatic heterocycles. The van der Waals surface area contributed by atoms with Gasteiger partial charge in [-0.25, -0.2) is 13.1 Å².